The summed E-state index contributed by atoms with van der Waals surface area (Å²) in [5.41, 5.74) is 0.865. The predicted octanol–water partition coefficient (Wildman–Crippen LogP) is 4.93. The van der Waals surface area contributed by atoms with Gasteiger partial charge in [-0.25, -0.2) is 8.78 Å². The van der Waals surface area contributed by atoms with Gasteiger partial charge in [0, 0.05) is 5.56 Å². The minimum atomic E-state index is -1.04. The molecule has 0 aliphatic rings. The summed E-state index contributed by atoms with van der Waals surface area (Å²) >= 11 is 2.49. The molecule has 0 unspecified atom stereocenters. The number of methoxy groups -OCH3 is 1. The second-order valence-corrected chi connectivity index (χ2v) is 8.02. The minimum absolute atomic E-state index is 0.116. The Morgan fingerprint density at radius 2 is 1.96 bits per heavy atom. The first-order chi connectivity index (χ1) is 13.0. The summed E-state index contributed by atoms with van der Waals surface area (Å²) in [6, 6.07) is 10.5. The number of rotatable bonds is 7. The van der Waals surface area contributed by atoms with Crippen molar-refractivity contribution in [1.29, 1.82) is 0 Å². The third-order valence-corrected chi connectivity index (χ3v) is 5.63. The average Bonchev–Trinajstić information content (AvgIpc) is 3.10. The molecule has 1 atom stereocenters. The summed E-state index contributed by atoms with van der Waals surface area (Å²) in [4.78, 5) is 12.4. The second kappa shape index (κ2) is 8.45. The zero-order chi connectivity index (χ0) is 19.4. The lowest BCUT2D eigenvalue weighted by Crippen LogP contribution is -2.13. The Kier molecular flexibility index (Phi) is 6.02. The number of nitrogens with one attached hydrogen (secondary N) is 1. The number of ether oxygens (including phenoxy) is 1. The van der Waals surface area contributed by atoms with Crippen LogP contribution >= 0.6 is 23.1 Å². The van der Waals surface area contributed by atoms with Crippen molar-refractivity contribution in [2.75, 3.05) is 12.4 Å². The predicted molar refractivity (Wildman–Crippen MR) is 102 cm³/mol. The van der Waals surface area contributed by atoms with Crippen molar-refractivity contribution >= 4 is 39.7 Å². The molecule has 0 aliphatic heterocycles. The van der Waals surface area contributed by atoms with Crippen molar-refractivity contribution in [3.8, 4) is 5.75 Å². The Hall–Kier alpha value is -2.52. The molecule has 5 nitrogen and oxygen atoms in total. The first kappa shape index (κ1) is 19.2. The number of para-hydroxylation sites is 2. The van der Waals surface area contributed by atoms with Crippen LogP contribution in [0.2, 0.25) is 0 Å². The Morgan fingerprint density at radius 3 is 2.70 bits per heavy atom. The quantitative estimate of drug-likeness (QED) is 0.442. The summed E-state index contributed by atoms with van der Waals surface area (Å²) in [7, 11) is 1.58. The van der Waals surface area contributed by atoms with Crippen molar-refractivity contribution in [2.45, 2.75) is 16.5 Å². The summed E-state index contributed by atoms with van der Waals surface area (Å²) < 4.78 is 32.2. The topological polar surface area (TPSA) is 64.1 Å². The summed E-state index contributed by atoms with van der Waals surface area (Å²) in [6.07, 6.45) is 0. The fourth-order valence-electron chi connectivity index (χ4n) is 2.26. The SMILES string of the molecule is COc1ccccc1Nc1nnc(S[C@@H](C)C(=O)c2ccc(F)c(F)c2)s1. The van der Waals surface area contributed by atoms with Crippen molar-refractivity contribution in [2.24, 2.45) is 0 Å². The number of anilines is 2. The van der Waals surface area contributed by atoms with E-state index in [-0.39, 0.29) is 11.3 Å². The number of Topliss-reactive ketones (excluding diaryl/α,β-unsaturated/α-hetero) is 1. The Labute approximate surface area is 162 Å². The third kappa shape index (κ3) is 4.61. The van der Waals surface area contributed by atoms with Crippen molar-refractivity contribution < 1.29 is 18.3 Å². The maximum atomic E-state index is 13.3. The standard InChI is InChI=1S/C18H15F2N3O2S2/c1-10(16(24)11-7-8-12(19)13(20)9-11)26-18-23-22-17(27-18)21-14-5-3-4-6-15(14)25-2/h3-10H,1-2H3,(H,21,22)/t10-/m0/s1. The van der Waals surface area contributed by atoms with Gasteiger partial charge in [-0.1, -0.05) is 35.2 Å². The molecule has 27 heavy (non-hydrogen) atoms. The third-order valence-electron chi connectivity index (χ3n) is 3.61. The summed E-state index contributed by atoms with van der Waals surface area (Å²) in [5, 5.41) is 11.3. The number of hydrogen-bond acceptors (Lipinski definition) is 7. The van der Waals surface area contributed by atoms with E-state index in [2.05, 4.69) is 15.5 Å². The monoisotopic (exact) mass is 407 g/mol. The molecule has 3 rings (SSSR count). The number of hydrogen-bond donors (Lipinski definition) is 1. The minimum Gasteiger partial charge on any atom is -0.495 e. The van der Waals surface area contributed by atoms with Crippen molar-refractivity contribution in [3.63, 3.8) is 0 Å². The van der Waals surface area contributed by atoms with E-state index in [1.54, 1.807) is 14.0 Å². The highest BCUT2D eigenvalue weighted by atomic mass is 32.2. The van der Waals surface area contributed by atoms with Crippen molar-refractivity contribution in [3.05, 3.63) is 59.7 Å². The van der Waals surface area contributed by atoms with Gasteiger partial charge in [0.05, 0.1) is 18.0 Å². The highest BCUT2D eigenvalue weighted by Gasteiger charge is 2.20. The van der Waals surface area contributed by atoms with Gasteiger partial charge in [-0.15, -0.1) is 10.2 Å². The number of thioether (sulfide) groups is 1. The highest BCUT2D eigenvalue weighted by molar-refractivity contribution is 8.02. The van der Waals surface area contributed by atoms with Crippen LogP contribution in [0.5, 0.6) is 5.75 Å². The molecule has 2 aromatic carbocycles. The van der Waals surface area contributed by atoms with Gasteiger partial charge in [-0.3, -0.25) is 4.79 Å². The lowest BCUT2D eigenvalue weighted by atomic mass is 10.1. The molecule has 1 N–H and O–H groups in total. The van der Waals surface area contributed by atoms with Crippen LogP contribution in [0.3, 0.4) is 0 Å². The molecular weight excluding hydrogens is 392 g/mol. The van der Waals surface area contributed by atoms with Gasteiger partial charge in [0.25, 0.3) is 0 Å². The zero-order valence-corrected chi connectivity index (χ0v) is 16.0. The molecule has 0 amide bonds. The maximum absolute atomic E-state index is 13.3. The van der Waals surface area contributed by atoms with Crippen LogP contribution in [0, 0.1) is 11.6 Å². The van der Waals surface area contributed by atoms with E-state index in [0.29, 0.717) is 15.2 Å². The number of halogens is 2. The van der Waals surface area contributed by atoms with E-state index < -0.39 is 16.9 Å². The summed E-state index contributed by atoms with van der Waals surface area (Å²) in [6.45, 7) is 1.68. The van der Waals surface area contributed by atoms with E-state index in [4.69, 9.17) is 4.74 Å². The summed E-state index contributed by atoms with van der Waals surface area (Å²) in [5.74, 6) is -1.67. The van der Waals surface area contributed by atoms with Crippen LogP contribution in [0.25, 0.3) is 0 Å². The van der Waals surface area contributed by atoms with E-state index in [9.17, 15) is 13.6 Å². The Balaban J connectivity index is 1.67. The van der Waals surface area contributed by atoms with E-state index in [1.165, 1.54) is 29.2 Å². The maximum Gasteiger partial charge on any atom is 0.210 e. The number of ketones is 1. The molecular formula is C18H15F2N3O2S2. The lowest BCUT2D eigenvalue weighted by Gasteiger charge is -2.08. The van der Waals surface area contributed by atoms with Crippen LogP contribution in [0.1, 0.15) is 17.3 Å². The van der Waals surface area contributed by atoms with Crippen LogP contribution in [0.15, 0.2) is 46.8 Å². The zero-order valence-electron chi connectivity index (χ0n) is 14.4. The first-order valence-electron chi connectivity index (χ1n) is 7.87. The van der Waals surface area contributed by atoms with E-state index in [0.717, 1.165) is 17.8 Å². The second-order valence-electron chi connectivity index (χ2n) is 5.45. The fraction of sp³-hybridized carbons (Fsp3) is 0.167. The molecule has 9 heteroatoms. The van der Waals surface area contributed by atoms with Crippen LogP contribution in [-0.4, -0.2) is 28.3 Å². The Morgan fingerprint density at radius 1 is 1.19 bits per heavy atom. The molecule has 0 fully saturated rings. The highest BCUT2D eigenvalue weighted by Crippen LogP contribution is 2.33. The van der Waals surface area contributed by atoms with Gasteiger partial charge >= 0.3 is 0 Å². The van der Waals surface area contributed by atoms with Crippen LogP contribution in [0.4, 0.5) is 19.6 Å². The normalized spacial score (nSPS) is 11.9. The van der Waals surface area contributed by atoms with Gasteiger partial charge in [0.2, 0.25) is 5.13 Å². The van der Waals surface area contributed by atoms with Gasteiger partial charge < -0.3 is 10.1 Å². The smallest absolute Gasteiger partial charge is 0.210 e. The van der Waals surface area contributed by atoms with Gasteiger partial charge in [-0.05, 0) is 37.3 Å². The first-order valence-corrected chi connectivity index (χ1v) is 9.57. The van der Waals surface area contributed by atoms with Crippen LogP contribution < -0.4 is 10.1 Å². The molecule has 1 aromatic heterocycles. The number of carbonyl (C=O) groups is 1. The number of aromatic nitrogens is 2. The molecule has 0 saturated heterocycles. The van der Waals surface area contributed by atoms with Crippen molar-refractivity contribution in [1.82, 2.24) is 10.2 Å². The molecule has 0 bridgehead atoms. The molecule has 1 heterocycles. The molecule has 3 aromatic rings. The number of nitrogens with zero attached hydrogens (tertiary/aromatic N) is 2. The molecule has 0 aliphatic carbocycles. The average molecular weight is 407 g/mol. The number of carbonyl (C=O) groups excluding carboxylic acids is 1. The van der Waals surface area contributed by atoms with E-state index in [1.807, 2.05) is 24.3 Å². The largest absolute Gasteiger partial charge is 0.495 e. The van der Waals surface area contributed by atoms with E-state index >= 15 is 0 Å². The van der Waals surface area contributed by atoms with Gasteiger partial charge in [-0.2, -0.15) is 0 Å². The number of benzene rings is 2. The molecule has 140 valence electrons. The molecule has 0 spiro atoms. The Bertz CT molecular complexity index is 965. The van der Waals surface area contributed by atoms with Gasteiger partial charge in [0.15, 0.2) is 21.8 Å². The van der Waals surface area contributed by atoms with Crippen LogP contribution in [-0.2, 0) is 0 Å². The van der Waals surface area contributed by atoms with Gasteiger partial charge in [0.1, 0.15) is 5.75 Å². The molecule has 0 radical (unpaired) electrons. The fourth-order valence-corrected chi connectivity index (χ4v) is 4.25. The lowest BCUT2D eigenvalue weighted by molar-refractivity contribution is 0.0993. The molecule has 0 saturated carbocycles.